The van der Waals surface area contributed by atoms with Crippen LogP contribution in [0.2, 0.25) is 0 Å². The molecule has 0 aliphatic carbocycles. The van der Waals surface area contributed by atoms with Crippen molar-refractivity contribution in [3.63, 3.8) is 0 Å². The number of methoxy groups -OCH3 is 1. The van der Waals surface area contributed by atoms with Gasteiger partial charge in [-0.1, -0.05) is 18.2 Å². The molecular weight excluding hydrogens is 420 g/mol. The van der Waals surface area contributed by atoms with E-state index < -0.39 is 5.91 Å². The standard InChI is InChI=1S/C25H24N4O4/c1-32-21-8-6-20(7-9-21)27-25(31)18(15-26)14-19-16-29(23-5-3-2-4-22(19)23)17-24(30)28-10-12-33-13-11-28/h2-9,14,16H,10-13,17H2,1H3,(H,27,31)/b18-14-. The lowest BCUT2D eigenvalue weighted by Crippen LogP contribution is -2.42. The molecule has 0 spiro atoms. The van der Waals surface area contributed by atoms with E-state index in [0.29, 0.717) is 43.3 Å². The van der Waals surface area contributed by atoms with E-state index in [-0.39, 0.29) is 18.0 Å². The molecule has 8 nitrogen and oxygen atoms in total. The Morgan fingerprint density at radius 3 is 2.58 bits per heavy atom. The number of hydrogen-bond donors (Lipinski definition) is 1. The molecule has 3 aromatic rings. The maximum absolute atomic E-state index is 12.8. The third-order valence-corrected chi connectivity index (χ3v) is 5.50. The van der Waals surface area contributed by atoms with Crippen LogP contribution >= 0.6 is 0 Å². The van der Waals surface area contributed by atoms with E-state index in [1.807, 2.05) is 34.9 Å². The zero-order valence-corrected chi connectivity index (χ0v) is 18.3. The van der Waals surface area contributed by atoms with Gasteiger partial charge in [0.15, 0.2) is 0 Å². The summed E-state index contributed by atoms with van der Waals surface area (Å²) in [4.78, 5) is 27.3. The highest BCUT2D eigenvalue weighted by Crippen LogP contribution is 2.24. The summed E-state index contributed by atoms with van der Waals surface area (Å²) in [6, 6.07) is 16.5. The van der Waals surface area contributed by atoms with Crippen LogP contribution in [0.25, 0.3) is 17.0 Å². The summed E-state index contributed by atoms with van der Waals surface area (Å²) in [5, 5.41) is 13.2. The van der Waals surface area contributed by atoms with Gasteiger partial charge in [-0.25, -0.2) is 0 Å². The average molecular weight is 444 g/mol. The molecule has 0 bridgehead atoms. The van der Waals surface area contributed by atoms with Gasteiger partial charge in [0.2, 0.25) is 5.91 Å². The zero-order valence-electron chi connectivity index (χ0n) is 18.3. The van der Waals surface area contributed by atoms with E-state index in [9.17, 15) is 14.9 Å². The first-order valence-electron chi connectivity index (χ1n) is 10.6. The average Bonchev–Trinajstić information content (AvgIpc) is 3.20. The van der Waals surface area contributed by atoms with Gasteiger partial charge in [-0.3, -0.25) is 9.59 Å². The topological polar surface area (TPSA) is 96.6 Å². The van der Waals surface area contributed by atoms with E-state index in [1.54, 1.807) is 48.5 Å². The van der Waals surface area contributed by atoms with Crippen LogP contribution in [0.3, 0.4) is 0 Å². The van der Waals surface area contributed by atoms with Gasteiger partial charge < -0.3 is 24.3 Å². The monoisotopic (exact) mass is 444 g/mol. The van der Waals surface area contributed by atoms with Crippen molar-refractivity contribution >= 4 is 34.5 Å². The number of nitrogens with zero attached hydrogens (tertiary/aromatic N) is 3. The molecule has 0 unspecified atom stereocenters. The number of aromatic nitrogens is 1. The molecule has 1 saturated heterocycles. The summed E-state index contributed by atoms with van der Waals surface area (Å²) in [6.45, 7) is 2.42. The number of hydrogen-bond acceptors (Lipinski definition) is 5. The van der Waals surface area contributed by atoms with Crippen molar-refractivity contribution in [1.29, 1.82) is 5.26 Å². The number of benzene rings is 2. The molecule has 0 saturated carbocycles. The van der Waals surface area contributed by atoms with Crippen LogP contribution in [0.1, 0.15) is 5.56 Å². The second-order valence-electron chi connectivity index (χ2n) is 7.58. The number of nitrogens with one attached hydrogen (secondary N) is 1. The number of carbonyl (C=O) groups excluding carboxylic acids is 2. The highest BCUT2D eigenvalue weighted by atomic mass is 16.5. The first-order valence-corrected chi connectivity index (χ1v) is 10.6. The minimum atomic E-state index is -0.510. The quantitative estimate of drug-likeness (QED) is 0.466. The van der Waals surface area contributed by atoms with E-state index in [0.717, 1.165) is 10.9 Å². The maximum atomic E-state index is 12.8. The molecule has 1 fully saturated rings. The number of para-hydroxylation sites is 1. The van der Waals surface area contributed by atoms with Gasteiger partial charge in [-0.05, 0) is 36.4 Å². The van der Waals surface area contributed by atoms with Crippen molar-refractivity contribution in [2.45, 2.75) is 6.54 Å². The van der Waals surface area contributed by atoms with Crippen molar-refractivity contribution in [3.05, 3.63) is 65.9 Å². The Morgan fingerprint density at radius 1 is 1.15 bits per heavy atom. The maximum Gasteiger partial charge on any atom is 0.266 e. The Bertz CT molecular complexity index is 1230. The Hall–Kier alpha value is -4.09. The van der Waals surface area contributed by atoms with Crippen molar-refractivity contribution < 1.29 is 19.1 Å². The van der Waals surface area contributed by atoms with Gasteiger partial charge in [0.05, 0.1) is 20.3 Å². The summed E-state index contributed by atoms with van der Waals surface area (Å²) >= 11 is 0. The lowest BCUT2D eigenvalue weighted by atomic mass is 10.1. The summed E-state index contributed by atoms with van der Waals surface area (Å²) in [7, 11) is 1.56. The van der Waals surface area contributed by atoms with Gasteiger partial charge in [-0.2, -0.15) is 5.26 Å². The van der Waals surface area contributed by atoms with Crippen molar-refractivity contribution in [2.24, 2.45) is 0 Å². The lowest BCUT2D eigenvalue weighted by Gasteiger charge is -2.27. The van der Waals surface area contributed by atoms with Crippen molar-refractivity contribution in [3.8, 4) is 11.8 Å². The number of nitriles is 1. The van der Waals surface area contributed by atoms with E-state index in [1.165, 1.54) is 0 Å². The molecule has 33 heavy (non-hydrogen) atoms. The summed E-state index contributed by atoms with van der Waals surface area (Å²) in [5.74, 6) is 0.166. The van der Waals surface area contributed by atoms with Gasteiger partial charge in [0.1, 0.15) is 23.9 Å². The van der Waals surface area contributed by atoms with E-state index in [4.69, 9.17) is 9.47 Å². The van der Waals surface area contributed by atoms with E-state index in [2.05, 4.69) is 5.32 Å². The van der Waals surface area contributed by atoms with Crippen molar-refractivity contribution in [1.82, 2.24) is 9.47 Å². The number of anilines is 1. The van der Waals surface area contributed by atoms with Gasteiger partial charge >= 0.3 is 0 Å². The highest BCUT2D eigenvalue weighted by molar-refractivity contribution is 6.10. The smallest absolute Gasteiger partial charge is 0.266 e. The second-order valence-corrected chi connectivity index (χ2v) is 7.58. The molecule has 0 radical (unpaired) electrons. The van der Waals surface area contributed by atoms with Crippen LogP contribution in [-0.2, 0) is 20.9 Å². The fourth-order valence-corrected chi connectivity index (χ4v) is 3.76. The van der Waals surface area contributed by atoms with Crippen molar-refractivity contribution in [2.75, 3.05) is 38.7 Å². The molecule has 2 heterocycles. The third-order valence-electron chi connectivity index (χ3n) is 5.50. The molecule has 168 valence electrons. The molecule has 1 aromatic heterocycles. The van der Waals surface area contributed by atoms with Crippen LogP contribution in [0, 0.1) is 11.3 Å². The fourth-order valence-electron chi connectivity index (χ4n) is 3.76. The second kappa shape index (κ2) is 10.0. The Kier molecular flexibility index (Phi) is 6.72. The fraction of sp³-hybridized carbons (Fsp3) is 0.240. The molecule has 1 aliphatic rings. The predicted octanol–water partition coefficient (Wildman–Crippen LogP) is 3.05. The van der Waals surface area contributed by atoms with Gasteiger partial charge in [-0.15, -0.1) is 0 Å². The molecule has 8 heteroatoms. The van der Waals surface area contributed by atoms with Crippen LogP contribution in [0.4, 0.5) is 5.69 Å². The van der Waals surface area contributed by atoms with Gasteiger partial charge in [0.25, 0.3) is 5.91 Å². The molecule has 1 aliphatic heterocycles. The largest absolute Gasteiger partial charge is 0.497 e. The first-order chi connectivity index (χ1) is 16.1. The first kappa shape index (κ1) is 22.1. The number of rotatable bonds is 6. The Labute approximate surface area is 191 Å². The van der Waals surface area contributed by atoms with Crippen LogP contribution < -0.4 is 10.1 Å². The molecule has 2 amide bonds. The number of morpholine rings is 1. The van der Waals surface area contributed by atoms with Crippen LogP contribution in [0.15, 0.2) is 60.3 Å². The number of ether oxygens (including phenoxy) is 2. The third kappa shape index (κ3) is 5.05. The normalized spacial score (nSPS) is 14.1. The number of fused-ring (bicyclic) bond motifs is 1. The molecular formula is C25H24N4O4. The minimum Gasteiger partial charge on any atom is -0.497 e. The molecule has 2 aromatic carbocycles. The summed E-state index contributed by atoms with van der Waals surface area (Å²) < 4.78 is 12.3. The summed E-state index contributed by atoms with van der Waals surface area (Å²) in [5.41, 5.74) is 2.08. The zero-order chi connectivity index (χ0) is 23.2. The number of carbonyl (C=O) groups is 2. The van der Waals surface area contributed by atoms with Crippen LogP contribution in [0.5, 0.6) is 5.75 Å². The van der Waals surface area contributed by atoms with Crippen LogP contribution in [-0.4, -0.2) is 54.7 Å². The highest BCUT2D eigenvalue weighted by Gasteiger charge is 2.19. The number of amides is 2. The Morgan fingerprint density at radius 2 is 1.88 bits per heavy atom. The molecule has 1 N–H and O–H groups in total. The Balaban J connectivity index is 1.58. The van der Waals surface area contributed by atoms with E-state index >= 15 is 0 Å². The molecule has 4 rings (SSSR count). The molecule has 0 atom stereocenters. The lowest BCUT2D eigenvalue weighted by molar-refractivity contribution is -0.135. The summed E-state index contributed by atoms with van der Waals surface area (Å²) in [6.07, 6.45) is 3.36. The van der Waals surface area contributed by atoms with Gasteiger partial charge in [0, 0.05) is 41.4 Å². The predicted molar refractivity (Wildman–Crippen MR) is 125 cm³/mol. The minimum absolute atomic E-state index is 0.00679. The SMILES string of the molecule is COc1ccc(NC(=O)/C(C#N)=C\c2cn(CC(=O)N3CCOCC3)c3ccccc23)cc1.